The minimum atomic E-state index is 0.344. The average Bonchev–Trinajstić information content (AvgIpc) is 2.38. The summed E-state index contributed by atoms with van der Waals surface area (Å²) in [6.45, 7) is 12.9. The molecule has 108 valence electrons. The van der Waals surface area contributed by atoms with Gasteiger partial charge >= 0.3 is 0 Å². The summed E-state index contributed by atoms with van der Waals surface area (Å²) in [5.74, 6) is 3.30. The molecule has 1 aromatic heterocycles. The van der Waals surface area contributed by atoms with Crippen LogP contribution in [0.4, 0.5) is 11.6 Å². The highest BCUT2D eigenvalue weighted by molar-refractivity contribution is 5.58. The fraction of sp³-hybridized carbons (Fsp3) is 0.733. The summed E-state index contributed by atoms with van der Waals surface area (Å²) in [6, 6.07) is 0. The van der Waals surface area contributed by atoms with Crippen molar-refractivity contribution in [2.75, 3.05) is 30.4 Å². The van der Waals surface area contributed by atoms with E-state index in [1.807, 2.05) is 7.05 Å². The van der Waals surface area contributed by atoms with E-state index in [-0.39, 0.29) is 0 Å². The zero-order valence-corrected chi connectivity index (χ0v) is 13.2. The molecule has 0 unspecified atom stereocenters. The Morgan fingerprint density at radius 3 is 2.11 bits per heavy atom. The number of hydrogen-bond donors (Lipinski definition) is 1. The molecule has 0 aliphatic rings. The van der Waals surface area contributed by atoms with E-state index in [9.17, 15) is 0 Å². The second-order valence-corrected chi connectivity index (χ2v) is 5.27. The maximum Gasteiger partial charge on any atom is 0.137 e. The molecule has 1 heterocycles. The molecule has 0 bridgehead atoms. The van der Waals surface area contributed by atoms with E-state index < -0.39 is 0 Å². The first kappa shape index (κ1) is 15.7. The van der Waals surface area contributed by atoms with Gasteiger partial charge < -0.3 is 10.2 Å². The molecule has 0 aromatic carbocycles. The summed E-state index contributed by atoms with van der Waals surface area (Å²) in [6.07, 6.45) is 2.27. The van der Waals surface area contributed by atoms with Crippen LogP contribution in [-0.2, 0) is 0 Å². The van der Waals surface area contributed by atoms with E-state index >= 15 is 0 Å². The predicted molar refractivity (Wildman–Crippen MR) is 83.2 cm³/mol. The third-order valence-corrected chi connectivity index (χ3v) is 3.18. The summed E-state index contributed by atoms with van der Waals surface area (Å²) in [5, 5.41) is 3.19. The number of nitrogens with one attached hydrogen (secondary N) is 1. The van der Waals surface area contributed by atoms with Crippen molar-refractivity contribution in [1.29, 1.82) is 0 Å². The van der Waals surface area contributed by atoms with E-state index in [4.69, 9.17) is 4.98 Å². The van der Waals surface area contributed by atoms with Crippen LogP contribution in [0.15, 0.2) is 0 Å². The van der Waals surface area contributed by atoms with Gasteiger partial charge in [0.05, 0.1) is 0 Å². The molecule has 0 aliphatic carbocycles. The van der Waals surface area contributed by atoms with Gasteiger partial charge in [-0.05, 0) is 19.8 Å². The Morgan fingerprint density at radius 1 is 1.11 bits per heavy atom. The fourth-order valence-corrected chi connectivity index (χ4v) is 2.19. The first-order chi connectivity index (χ1) is 9.04. The van der Waals surface area contributed by atoms with Crippen LogP contribution in [0.25, 0.3) is 0 Å². The van der Waals surface area contributed by atoms with Gasteiger partial charge in [0, 0.05) is 31.6 Å². The molecular weight excluding hydrogens is 236 g/mol. The molecule has 0 radical (unpaired) electrons. The molecule has 0 saturated carbocycles. The van der Waals surface area contributed by atoms with Crippen LogP contribution in [0.5, 0.6) is 0 Å². The minimum Gasteiger partial charge on any atom is -0.373 e. The van der Waals surface area contributed by atoms with Gasteiger partial charge in [0.15, 0.2) is 0 Å². The Labute approximate surface area is 117 Å². The Balaban J connectivity index is 3.25. The van der Waals surface area contributed by atoms with Crippen LogP contribution < -0.4 is 10.2 Å². The number of rotatable bonds is 7. The zero-order chi connectivity index (χ0) is 14.4. The van der Waals surface area contributed by atoms with Crippen LogP contribution in [0.2, 0.25) is 0 Å². The van der Waals surface area contributed by atoms with E-state index in [1.165, 1.54) is 0 Å². The van der Waals surface area contributed by atoms with E-state index in [0.717, 1.165) is 49.0 Å². The summed E-state index contributed by atoms with van der Waals surface area (Å²) >= 11 is 0. The van der Waals surface area contributed by atoms with Gasteiger partial charge in [-0.1, -0.05) is 27.7 Å². The Kier molecular flexibility index (Phi) is 6.06. The minimum absolute atomic E-state index is 0.344. The van der Waals surface area contributed by atoms with Gasteiger partial charge in [0.1, 0.15) is 17.5 Å². The van der Waals surface area contributed by atoms with Gasteiger partial charge in [0.2, 0.25) is 0 Å². The molecule has 4 heteroatoms. The van der Waals surface area contributed by atoms with Crippen molar-refractivity contribution >= 4 is 11.6 Å². The van der Waals surface area contributed by atoms with Crippen LogP contribution in [0.1, 0.15) is 57.8 Å². The largest absolute Gasteiger partial charge is 0.373 e. The molecule has 1 rings (SSSR count). The Morgan fingerprint density at radius 2 is 1.68 bits per heavy atom. The zero-order valence-electron chi connectivity index (χ0n) is 13.2. The normalized spacial score (nSPS) is 10.9. The molecule has 0 saturated heterocycles. The lowest BCUT2D eigenvalue weighted by Crippen LogP contribution is -2.27. The lowest BCUT2D eigenvalue weighted by Gasteiger charge is -2.26. The van der Waals surface area contributed by atoms with Crippen molar-refractivity contribution in [2.24, 2.45) is 0 Å². The van der Waals surface area contributed by atoms with Crippen molar-refractivity contribution in [3.63, 3.8) is 0 Å². The molecule has 1 N–H and O–H groups in total. The predicted octanol–water partition coefficient (Wildman–Crippen LogP) is 3.58. The molecule has 0 aliphatic heterocycles. The van der Waals surface area contributed by atoms with Crippen LogP contribution in [-0.4, -0.2) is 30.1 Å². The lowest BCUT2D eigenvalue weighted by molar-refractivity contribution is 0.710. The summed E-state index contributed by atoms with van der Waals surface area (Å²) < 4.78 is 0. The smallest absolute Gasteiger partial charge is 0.137 e. The topological polar surface area (TPSA) is 41.1 Å². The Hall–Kier alpha value is -1.32. The molecule has 0 fully saturated rings. The van der Waals surface area contributed by atoms with Crippen molar-refractivity contribution in [1.82, 2.24) is 9.97 Å². The molecule has 0 atom stereocenters. The van der Waals surface area contributed by atoms with E-state index in [0.29, 0.717) is 5.92 Å². The first-order valence-corrected chi connectivity index (χ1v) is 7.36. The highest BCUT2D eigenvalue weighted by atomic mass is 15.2. The quantitative estimate of drug-likeness (QED) is 0.817. The average molecular weight is 264 g/mol. The standard InChI is InChI=1S/C15H28N4/c1-7-9-19(10-8-2)15-12(5)14(16-6)17-13(18-15)11(3)4/h11H,7-10H2,1-6H3,(H,16,17,18). The Bertz CT molecular complexity index is 395. The highest BCUT2D eigenvalue weighted by Gasteiger charge is 2.16. The third-order valence-electron chi connectivity index (χ3n) is 3.18. The number of anilines is 2. The number of nitrogens with zero attached hydrogens (tertiary/aromatic N) is 3. The highest BCUT2D eigenvalue weighted by Crippen LogP contribution is 2.26. The second-order valence-electron chi connectivity index (χ2n) is 5.27. The molecule has 4 nitrogen and oxygen atoms in total. The number of hydrogen-bond acceptors (Lipinski definition) is 4. The summed E-state index contributed by atoms with van der Waals surface area (Å²) in [7, 11) is 1.92. The van der Waals surface area contributed by atoms with Crippen molar-refractivity contribution in [3.05, 3.63) is 11.4 Å². The first-order valence-electron chi connectivity index (χ1n) is 7.36. The van der Waals surface area contributed by atoms with Gasteiger partial charge in [-0.2, -0.15) is 0 Å². The SMILES string of the molecule is CCCN(CCC)c1nc(C(C)C)nc(NC)c1C. The maximum absolute atomic E-state index is 4.79. The van der Waals surface area contributed by atoms with Crippen molar-refractivity contribution < 1.29 is 0 Å². The van der Waals surface area contributed by atoms with Crippen molar-refractivity contribution in [2.45, 2.75) is 53.4 Å². The summed E-state index contributed by atoms with van der Waals surface area (Å²) in [4.78, 5) is 11.8. The van der Waals surface area contributed by atoms with Gasteiger partial charge in [-0.3, -0.25) is 0 Å². The number of aromatic nitrogens is 2. The van der Waals surface area contributed by atoms with Gasteiger partial charge in [-0.15, -0.1) is 0 Å². The van der Waals surface area contributed by atoms with Crippen LogP contribution >= 0.6 is 0 Å². The van der Waals surface area contributed by atoms with Crippen LogP contribution in [0.3, 0.4) is 0 Å². The molecule has 19 heavy (non-hydrogen) atoms. The van der Waals surface area contributed by atoms with E-state index in [1.54, 1.807) is 0 Å². The van der Waals surface area contributed by atoms with Gasteiger partial charge in [0.25, 0.3) is 0 Å². The second kappa shape index (κ2) is 7.31. The van der Waals surface area contributed by atoms with E-state index in [2.05, 4.69) is 49.8 Å². The molecule has 0 amide bonds. The van der Waals surface area contributed by atoms with Crippen molar-refractivity contribution in [3.8, 4) is 0 Å². The maximum atomic E-state index is 4.79. The fourth-order valence-electron chi connectivity index (χ4n) is 2.19. The van der Waals surface area contributed by atoms with Crippen LogP contribution in [0, 0.1) is 6.92 Å². The summed E-state index contributed by atoms with van der Waals surface area (Å²) in [5.41, 5.74) is 1.15. The van der Waals surface area contributed by atoms with Gasteiger partial charge in [-0.25, -0.2) is 9.97 Å². The molecular formula is C15H28N4. The lowest BCUT2D eigenvalue weighted by atomic mass is 10.2. The molecule has 0 spiro atoms. The third kappa shape index (κ3) is 3.82. The monoisotopic (exact) mass is 264 g/mol. The molecule has 1 aromatic rings.